The number of hydrogen-bond donors (Lipinski definition) is 0. The Labute approximate surface area is 157 Å². The summed E-state index contributed by atoms with van der Waals surface area (Å²) >= 11 is 3.08. The average molecular weight is 382 g/mol. The van der Waals surface area contributed by atoms with Crippen molar-refractivity contribution in [1.29, 1.82) is 0 Å². The summed E-state index contributed by atoms with van der Waals surface area (Å²) in [5.74, 6) is 2.49. The first kappa shape index (κ1) is 16.7. The molecule has 4 aromatic rings. The summed E-state index contributed by atoms with van der Waals surface area (Å²) < 4.78 is 7.33. The van der Waals surface area contributed by atoms with Gasteiger partial charge in [0.15, 0.2) is 16.8 Å². The summed E-state index contributed by atoms with van der Waals surface area (Å²) in [5, 5.41) is 15.4. The van der Waals surface area contributed by atoms with Crippen molar-refractivity contribution in [3.63, 3.8) is 0 Å². The van der Waals surface area contributed by atoms with Gasteiger partial charge in [-0.25, -0.2) is 0 Å². The van der Waals surface area contributed by atoms with Crippen molar-refractivity contribution in [2.45, 2.75) is 17.5 Å². The van der Waals surface area contributed by atoms with Crippen molar-refractivity contribution in [2.75, 3.05) is 0 Å². The molecule has 0 spiro atoms. The molecule has 0 bridgehead atoms. The summed E-state index contributed by atoms with van der Waals surface area (Å²) in [6.45, 7) is 4.44. The second-order valence-electron chi connectivity index (χ2n) is 5.22. The van der Waals surface area contributed by atoms with Gasteiger partial charge in [0, 0.05) is 24.5 Å². The summed E-state index contributed by atoms with van der Waals surface area (Å²) in [5.41, 5.74) is 0.959. The van der Waals surface area contributed by atoms with Crippen LogP contribution in [0, 0.1) is 0 Å². The number of thioether (sulfide) groups is 1. The van der Waals surface area contributed by atoms with Crippen LogP contribution in [0.25, 0.3) is 22.2 Å². The largest absolute Gasteiger partial charge is 0.333 e. The highest BCUT2D eigenvalue weighted by molar-refractivity contribution is 7.98. The Hall–Kier alpha value is -2.78. The number of rotatable bonds is 7. The van der Waals surface area contributed by atoms with Crippen LogP contribution in [0.4, 0.5) is 0 Å². The molecule has 26 heavy (non-hydrogen) atoms. The number of hydrogen-bond acceptors (Lipinski definition) is 8. The maximum absolute atomic E-state index is 5.32. The molecule has 0 saturated heterocycles. The summed E-state index contributed by atoms with van der Waals surface area (Å²) in [7, 11) is 0. The minimum atomic E-state index is 0.542. The van der Waals surface area contributed by atoms with Crippen molar-refractivity contribution < 1.29 is 4.52 Å². The van der Waals surface area contributed by atoms with Crippen LogP contribution in [0.5, 0.6) is 0 Å². The van der Waals surface area contributed by atoms with Gasteiger partial charge in [-0.1, -0.05) is 29.1 Å². The molecular formula is C17H14N6OS2. The van der Waals surface area contributed by atoms with Gasteiger partial charge in [-0.2, -0.15) is 4.98 Å². The van der Waals surface area contributed by atoms with E-state index < -0.39 is 0 Å². The summed E-state index contributed by atoms with van der Waals surface area (Å²) in [6.07, 6.45) is 5.29. The van der Waals surface area contributed by atoms with E-state index in [-0.39, 0.29) is 0 Å². The number of thiophene rings is 1. The summed E-state index contributed by atoms with van der Waals surface area (Å²) in [6, 6.07) is 7.73. The van der Waals surface area contributed by atoms with Crippen LogP contribution >= 0.6 is 23.1 Å². The van der Waals surface area contributed by atoms with Gasteiger partial charge >= 0.3 is 0 Å². The van der Waals surface area contributed by atoms with Gasteiger partial charge in [0.2, 0.25) is 0 Å². The molecule has 7 nitrogen and oxygen atoms in total. The van der Waals surface area contributed by atoms with E-state index in [0.717, 1.165) is 21.4 Å². The van der Waals surface area contributed by atoms with Crippen LogP contribution in [0.2, 0.25) is 0 Å². The zero-order valence-corrected chi connectivity index (χ0v) is 15.3. The van der Waals surface area contributed by atoms with Gasteiger partial charge in [0.05, 0.1) is 10.6 Å². The lowest BCUT2D eigenvalue weighted by atomic mass is 10.2. The lowest BCUT2D eigenvalue weighted by Crippen LogP contribution is -2.01. The molecule has 4 rings (SSSR count). The zero-order chi connectivity index (χ0) is 17.8. The van der Waals surface area contributed by atoms with Crippen molar-refractivity contribution in [2.24, 2.45) is 0 Å². The first-order valence-electron chi connectivity index (χ1n) is 7.79. The molecule has 9 heteroatoms. The molecule has 0 N–H and O–H groups in total. The smallest absolute Gasteiger partial charge is 0.268 e. The molecule has 0 fully saturated rings. The minimum absolute atomic E-state index is 0.542. The molecular weight excluding hydrogens is 368 g/mol. The van der Waals surface area contributed by atoms with Crippen LogP contribution in [-0.4, -0.2) is 29.9 Å². The Morgan fingerprint density at radius 3 is 2.88 bits per heavy atom. The molecule has 0 radical (unpaired) electrons. The molecule has 0 aliphatic rings. The first-order chi connectivity index (χ1) is 12.8. The molecule has 4 aromatic heterocycles. The zero-order valence-electron chi connectivity index (χ0n) is 13.6. The molecule has 0 aliphatic heterocycles. The van der Waals surface area contributed by atoms with E-state index in [1.165, 1.54) is 11.8 Å². The van der Waals surface area contributed by atoms with Crippen molar-refractivity contribution in [1.82, 2.24) is 29.9 Å². The van der Waals surface area contributed by atoms with E-state index >= 15 is 0 Å². The monoisotopic (exact) mass is 382 g/mol. The minimum Gasteiger partial charge on any atom is -0.333 e. The Morgan fingerprint density at radius 1 is 1.23 bits per heavy atom. The molecule has 4 heterocycles. The highest BCUT2D eigenvalue weighted by Crippen LogP contribution is 2.27. The number of allylic oxidation sites excluding steroid dienone is 1. The fourth-order valence-electron chi connectivity index (χ4n) is 2.35. The Kier molecular flexibility index (Phi) is 4.89. The fraction of sp³-hybridized carbons (Fsp3) is 0.118. The van der Waals surface area contributed by atoms with E-state index in [0.29, 0.717) is 24.0 Å². The molecule has 0 amide bonds. The topological polar surface area (TPSA) is 82.5 Å². The van der Waals surface area contributed by atoms with E-state index in [2.05, 4.69) is 31.9 Å². The number of pyridine rings is 1. The van der Waals surface area contributed by atoms with Gasteiger partial charge in [-0.3, -0.25) is 9.55 Å². The first-order valence-corrected chi connectivity index (χ1v) is 9.65. The second-order valence-corrected chi connectivity index (χ2v) is 7.11. The Morgan fingerprint density at radius 2 is 2.12 bits per heavy atom. The van der Waals surface area contributed by atoms with Crippen molar-refractivity contribution >= 4 is 23.1 Å². The molecule has 130 valence electrons. The van der Waals surface area contributed by atoms with Crippen LogP contribution in [0.15, 0.2) is 64.4 Å². The van der Waals surface area contributed by atoms with Gasteiger partial charge in [-0.15, -0.1) is 28.1 Å². The van der Waals surface area contributed by atoms with Gasteiger partial charge in [0.25, 0.3) is 5.89 Å². The average Bonchev–Trinajstić information content (AvgIpc) is 3.42. The van der Waals surface area contributed by atoms with Crippen LogP contribution < -0.4 is 0 Å². The summed E-state index contributed by atoms with van der Waals surface area (Å²) in [4.78, 5) is 9.44. The Bertz CT molecular complexity index is 994. The third-order valence-corrected chi connectivity index (χ3v) is 5.32. The van der Waals surface area contributed by atoms with E-state index in [4.69, 9.17) is 4.52 Å². The second kappa shape index (κ2) is 7.63. The SMILES string of the molecule is C=CCn1c(SCc2noc(-c3cccs3)n2)nnc1-c1ccncc1. The predicted molar refractivity (Wildman–Crippen MR) is 101 cm³/mol. The quantitative estimate of drug-likeness (QED) is 0.354. The molecule has 0 aliphatic carbocycles. The maximum Gasteiger partial charge on any atom is 0.268 e. The van der Waals surface area contributed by atoms with Crippen molar-refractivity contribution in [3.05, 3.63) is 60.5 Å². The third-order valence-electron chi connectivity index (χ3n) is 3.50. The van der Waals surface area contributed by atoms with E-state index in [1.54, 1.807) is 23.7 Å². The lowest BCUT2D eigenvalue weighted by Gasteiger charge is -2.06. The van der Waals surface area contributed by atoms with Crippen LogP contribution in [0.1, 0.15) is 5.82 Å². The third kappa shape index (κ3) is 3.44. The van der Waals surface area contributed by atoms with Gasteiger partial charge in [-0.05, 0) is 23.6 Å². The van der Waals surface area contributed by atoms with E-state index in [1.807, 2.05) is 40.3 Å². The van der Waals surface area contributed by atoms with Gasteiger partial charge < -0.3 is 4.52 Å². The molecule has 0 unspecified atom stereocenters. The van der Waals surface area contributed by atoms with Crippen molar-refractivity contribution in [3.8, 4) is 22.2 Å². The number of aromatic nitrogens is 6. The maximum atomic E-state index is 5.32. The predicted octanol–water partition coefficient (Wildman–Crippen LogP) is 3.93. The van der Waals surface area contributed by atoms with Crippen LogP contribution in [0.3, 0.4) is 0 Å². The van der Waals surface area contributed by atoms with Gasteiger partial charge in [0.1, 0.15) is 0 Å². The van der Waals surface area contributed by atoms with E-state index in [9.17, 15) is 0 Å². The lowest BCUT2D eigenvalue weighted by molar-refractivity contribution is 0.426. The molecule has 0 saturated carbocycles. The molecule has 0 atom stereocenters. The highest BCUT2D eigenvalue weighted by Gasteiger charge is 2.15. The fourth-order valence-corrected chi connectivity index (χ4v) is 3.78. The Balaban J connectivity index is 1.53. The number of nitrogens with zero attached hydrogens (tertiary/aromatic N) is 6. The molecule has 0 aromatic carbocycles. The normalized spacial score (nSPS) is 10.9. The standard InChI is InChI=1S/C17H14N6OS2/c1-2-9-23-15(12-5-7-18-8-6-12)20-21-17(23)26-11-14-19-16(24-22-14)13-4-3-10-25-13/h2-8,10H,1,9,11H2. The highest BCUT2D eigenvalue weighted by atomic mass is 32.2. The van der Waals surface area contributed by atoms with Crippen LogP contribution in [-0.2, 0) is 12.3 Å².